The van der Waals surface area contributed by atoms with Gasteiger partial charge in [0, 0.05) is 14.8 Å². The highest BCUT2D eigenvalue weighted by molar-refractivity contribution is 7.99. The first-order valence-electron chi connectivity index (χ1n) is 5.58. The normalized spacial score (nSPS) is 12.5. The van der Waals surface area contributed by atoms with Gasteiger partial charge in [-0.15, -0.1) is 0 Å². The third kappa shape index (κ3) is 3.80. The van der Waals surface area contributed by atoms with Gasteiger partial charge in [-0.3, -0.25) is 0 Å². The average Bonchev–Trinajstić information content (AvgIpc) is 2.33. The molecule has 0 radical (unpaired) electrons. The highest BCUT2D eigenvalue weighted by atomic mass is 35.5. The molecule has 0 aliphatic heterocycles. The van der Waals surface area contributed by atoms with Crippen LogP contribution in [-0.2, 0) is 0 Å². The van der Waals surface area contributed by atoms with Crippen molar-refractivity contribution in [3.05, 3.63) is 57.0 Å². The van der Waals surface area contributed by atoms with Crippen molar-refractivity contribution in [2.45, 2.75) is 22.8 Å². The summed E-state index contributed by atoms with van der Waals surface area (Å²) in [6.07, 6.45) is -0.573. The van der Waals surface area contributed by atoms with E-state index in [0.717, 1.165) is 15.4 Å². The zero-order valence-corrected chi connectivity index (χ0v) is 13.1. The van der Waals surface area contributed by atoms with Gasteiger partial charge in [-0.25, -0.2) is 0 Å². The number of hydrogen-bond donors (Lipinski definition) is 1. The Morgan fingerprint density at radius 3 is 2.00 bits per heavy atom. The van der Waals surface area contributed by atoms with E-state index >= 15 is 0 Å². The molecule has 1 atom stereocenters. The second-order valence-electron chi connectivity index (χ2n) is 4.04. The predicted octanol–water partition coefficient (Wildman–Crippen LogP) is 5.85. The topological polar surface area (TPSA) is 20.2 Å². The standard InChI is InChI=1S/C14H11Cl3OS/c1-8(18)11-4-2-9(6-13(11)16)19-10-3-5-12(15)14(17)7-10/h2-8,18H,1H3. The minimum atomic E-state index is -0.573. The second kappa shape index (κ2) is 6.38. The maximum Gasteiger partial charge on any atom is 0.0776 e. The van der Waals surface area contributed by atoms with Gasteiger partial charge in [0.05, 0.1) is 16.1 Å². The molecule has 2 aromatic rings. The fourth-order valence-corrected chi connectivity index (χ4v) is 3.25. The lowest BCUT2D eigenvalue weighted by atomic mass is 10.1. The van der Waals surface area contributed by atoms with Crippen molar-refractivity contribution in [1.82, 2.24) is 0 Å². The molecule has 1 N–H and O–H groups in total. The first-order chi connectivity index (χ1) is 8.97. The van der Waals surface area contributed by atoms with Crippen LogP contribution in [0.2, 0.25) is 15.1 Å². The summed E-state index contributed by atoms with van der Waals surface area (Å²) in [5.74, 6) is 0. The Balaban J connectivity index is 2.24. The fourth-order valence-electron chi connectivity index (χ4n) is 1.59. The number of hydrogen-bond acceptors (Lipinski definition) is 2. The smallest absolute Gasteiger partial charge is 0.0776 e. The molecule has 0 bridgehead atoms. The first-order valence-corrected chi connectivity index (χ1v) is 7.53. The zero-order valence-electron chi connectivity index (χ0n) is 10.0. The number of benzene rings is 2. The Morgan fingerprint density at radius 1 is 0.895 bits per heavy atom. The van der Waals surface area contributed by atoms with E-state index in [1.165, 1.54) is 11.8 Å². The van der Waals surface area contributed by atoms with E-state index in [4.69, 9.17) is 34.8 Å². The van der Waals surface area contributed by atoms with E-state index in [9.17, 15) is 5.11 Å². The molecule has 100 valence electrons. The van der Waals surface area contributed by atoms with Crippen LogP contribution >= 0.6 is 46.6 Å². The lowest BCUT2D eigenvalue weighted by Gasteiger charge is -2.09. The van der Waals surface area contributed by atoms with Crippen molar-refractivity contribution >= 4 is 46.6 Å². The molecule has 0 aromatic heterocycles. The van der Waals surface area contributed by atoms with Crippen LogP contribution < -0.4 is 0 Å². The van der Waals surface area contributed by atoms with Crippen LogP contribution in [0.3, 0.4) is 0 Å². The minimum Gasteiger partial charge on any atom is -0.389 e. The Kier molecular flexibility index (Phi) is 5.04. The van der Waals surface area contributed by atoms with Gasteiger partial charge in [0.15, 0.2) is 0 Å². The monoisotopic (exact) mass is 332 g/mol. The van der Waals surface area contributed by atoms with Crippen LogP contribution in [0.1, 0.15) is 18.6 Å². The van der Waals surface area contributed by atoms with Crippen LogP contribution in [0.25, 0.3) is 0 Å². The maximum absolute atomic E-state index is 9.53. The van der Waals surface area contributed by atoms with Crippen LogP contribution in [0.15, 0.2) is 46.2 Å². The van der Waals surface area contributed by atoms with Gasteiger partial charge >= 0.3 is 0 Å². The second-order valence-corrected chi connectivity index (χ2v) is 6.41. The number of aliphatic hydroxyl groups is 1. The Morgan fingerprint density at radius 2 is 1.47 bits per heavy atom. The van der Waals surface area contributed by atoms with Crippen molar-refractivity contribution in [2.75, 3.05) is 0 Å². The lowest BCUT2D eigenvalue weighted by molar-refractivity contribution is 0.199. The molecule has 2 rings (SSSR count). The Labute approximate surface area is 131 Å². The fraction of sp³-hybridized carbons (Fsp3) is 0.143. The molecule has 0 heterocycles. The van der Waals surface area contributed by atoms with Crippen molar-refractivity contribution in [1.29, 1.82) is 0 Å². The molecule has 5 heteroatoms. The van der Waals surface area contributed by atoms with Gasteiger partial charge in [-0.05, 0) is 42.8 Å². The summed E-state index contributed by atoms with van der Waals surface area (Å²) in [5.41, 5.74) is 0.722. The molecule has 1 nitrogen and oxygen atoms in total. The number of aliphatic hydroxyl groups excluding tert-OH is 1. The maximum atomic E-state index is 9.53. The van der Waals surface area contributed by atoms with Crippen LogP contribution in [0, 0.1) is 0 Å². The van der Waals surface area contributed by atoms with E-state index < -0.39 is 6.10 Å². The van der Waals surface area contributed by atoms with Crippen molar-refractivity contribution < 1.29 is 5.11 Å². The van der Waals surface area contributed by atoms with Crippen molar-refractivity contribution in [3.8, 4) is 0 Å². The zero-order chi connectivity index (χ0) is 14.0. The molecule has 0 aliphatic rings. The molecule has 0 fully saturated rings. The summed E-state index contributed by atoms with van der Waals surface area (Å²) >= 11 is 19.5. The minimum absolute atomic E-state index is 0.526. The van der Waals surface area contributed by atoms with Gasteiger partial charge in [0.25, 0.3) is 0 Å². The lowest BCUT2D eigenvalue weighted by Crippen LogP contribution is -1.91. The van der Waals surface area contributed by atoms with Crippen LogP contribution in [-0.4, -0.2) is 5.11 Å². The molecule has 0 saturated carbocycles. The predicted molar refractivity (Wildman–Crippen MR) is 82.7 cm³/mol. The molecule has 19 heavy (non-hydrogen) atoms. The van der Waals surface area contributed by atoms with Crippen molar-refractivity contribution in [3.63, 3.8) is 0 Å². The van der Waals surface area contributed by atoms with Gasteiger partial charge in [0.2, 0.25) is 0 Å². The van der Waals surface area contributed by atoms with Gasteiger partial charge < -0.3 is 5.11 Å². The Hall–Kier alpha value is -0.380. The molecule has 0 amide bonds. The summed E-state index contributed by atoms with van der Waals surface area (Å²) < 4.78 is 0. The molecule has 0 saturated heterocycles. The van der Waals surface area contributed by atoms with Gasteiger partial charge in [-0.1, -0.05) is 52.6 Å². The SMILES string of the molecule is CC(O)c1ccc(Sc2ccc(Cl)c(Cl)c2)cc1Cl. The molecule has 0 spiro atoms. The number of halogens is 3. The molecule has 2 aromatic carbocycles. The Bertz CT molecular complexity index is 599. The molecule has 1 unspecified atom stereocenters. The van der Waals surface area contributed by atoms with E-state index in [1.807, 2.05) is 30.3 Å². The van der Waals surface area contributed by atoms with E-state index in [0.29, 0.717) is 15.1 Å². The molecule has 0 aliphatic carbocycles. The van der Waals surface area contributed by atoms with E-state index in [2.05, 4.69) is 0 Å². The molecular weight excluding hydrogens is 323 g/mol. The van der Waals surface area contributed by atoms with Gasteiger partial charge in [-0.2, -0.15) is 0 Å². The summed E-state index contributed by atoms with van der Waals surface area (Å²) in [6.45, 7) is 1.69. The van der Waals surface area contributed by atoms with Crippen LogP contribution in [0.4, 0.5) is 0 Å². The van der Waals surface area contributed by atoms with Gasteiger partial charge in [0.1, 0.15) is 0 Å². The quantitative estimate of drug-likeness (QED) is 0.760. The first kappa shape index (κ1) is 15.0. The molecular formula is C14H11Cl3OS. The summed E-state index contributed by atoms with van der Waals surface area (Å²) in [5, 5.41) is 11.1. The average molecular weight is 334 g/mol. The van der Waals surface area contributed by atoms with Crippen molar-refractivity contribution in [2.24, 2.45) is 0 Å². The highest BCUT2D eigenvalue weighted by Gasteiger charge is 2.08. The highest BCUT2D eigenvalue weighted by Crippen LogP contribution is 2.35. The van der Waals surface area contributed by atoms with E-state index in [1.54, 1.807) is 13.0 Å². The summed E-state index contributed by atoms with van der Waals surface area (Å²) in [4.78, 5) is 1.96. The summed E-state index contributed by atoms with van der Waals surface area (Å²) in [7, 11) is 0. The largest absolute Gasteiger partial charge is 0.389 e. The summed E-state index contributed by atoms with van der Waals surface area (Å²) in [6, 6.07) is 11.0. The van der Waals surface area contributed by atoms with E-state index in [-0.39, 0.29) is 0 Å². The number of rotatable bonds is 3. The van der Waals surface area contributed by atoms with Crippen LogP contribution in [0.5, 0.6) is 0 Å². The third-order valence-corrected chi connectivity index (χ3v) is 4.59. The third-order valence-electron chi connectivity index (χ3n) is 2.55.